The van der Waals surface area contributed by atoms with Crippen LogP contribution in [-0.4, -0.2) is 56.4 Å². The monoisotopic (exact) mass is 501 g/mol. The van der Waals surface area contributed by atoms with Crippen LogP contribution < -0.4 is 4.74 Å². The number of benzene rings is 2. The Hall–Kier alpha value is -4.22. The topological polar surface area (TPSA) is 86.3 Å². The molecule has 3 heterocycles. The number of nitrogens with zero attached hydrogens (tertiary/aromatic N) is 5. The molecule has 0 atom stereocenters. The van der Waals surface area contributed by atoms with Crippen molar-refractivity contribution in [1.29, 1.82) is 0 Å². The van der Waals surface area contributed by atoms with Gasteiger partial charge in [-0.15, -0.1) is 13.2 Å². The highest BCUT2D eigenvalue weighted by Gasteiger charge is 2.31. The molecule has 1 saturated heterocycles. The Labute approximate surface area is 202 Å². The van der Waals surface area contributed by atoms with Crippen LogP contribution in [0.2, 0.25) is 0 Å². The maximum atomic E-state index is 13.1. The summed E-state index contributed by atoms with van der Waals surface area (Å²) in [5, 5.41) is 8.40. The average Bonchev–Trinajstić information content (AvgIpc) is 3.43. The van der Waals surface area contributed by atoms with Crippen molar-refractivity contribution >= 4 is 5.91 Å². The second-order valence-electron chi connectivity index (χ2n) is 8.33. The minimum absolute atomic E-state index is 0.113. The zero-order chi connectivity index (χ0) is 25.4. The van der Waals surface area contributed by atoms with E-state index in [-0.39, 0.29) is 36.5 Å². The molecule has 1 aliphatic rings. The molecule has 0 spiro atoms. The SMILES string of the molecule is Cc1cc(-c2nc(-c3ccc(OC(F)(F)F)cc3)no2)nn1Cc1cccc(C(=O)N2CC(F)C2)c1. The van der Waals surface area contributed by atoms with Gasteiger partial charge in [-0.1, -0.05) is 17.3 Å². The van der Waals surface area contributed by atoms with E-state index < -0.39 is 12.5 Å². The Morgan fingerprint density at radius 2 is 1.89 bits per heavy atom. The minimum atomic E-state index is -4.78. The predicted molar refractivity (Wildman–Crippen MR) is 119 cm³/mol. The summed E-state index contributed by atoms with van der Waals surface area (Å²) in [4.78, 5) is 18.2. The van der Waals surface area contributed by atoms with Crippen LogP contribution in [0.25, 0.3) is 23.0 Å². The fourth-order valence-electron chi connectivity index (χ4n) is 3.77. The van der Waals surface area contributed by atoms with E-state index in [1.165, 1.54) is 17.0 Å². The molecule has 0 N–H and O–H groups in total. The van der Waals surface area contributed by atoms with Crippen molar-refractivity contribution in [2.45, 2.75) is 26.0 Å². The lowest BCUT2D eigenvalue weighted by atomic mass is 10.1. The molecule has 0 saturated carbocycles. The number of hydrogen-bond donors (Lipinski definition) is 0. The van der Waals surface area contributed by atoms with Crippen molar-refractivity contribution < 1.29 is 31.6 Å². The minimum Gasteiger partial charge on any atom is -0.406 e. The normalized spacial score (nSPS) is 14.1. The lowest BCUT2D eigenvalue weighted by molar-refractivity contribution is -0.274. The quantitative estimate of drug-likeness (QED) is 0.358. The summed E-state index contributed by atoms with van der Waals surface area (Å²) in [7, 11) is 0. The molecule has 12 heteroatoms. The molecule has 2 aromatic heterocycles. The molecule has 0 bridgehead atoms. The fraction of sp³-hybridized carbons (Fsp3) is 0.250. The molecule has 0 aliphatic carbocycles. The molecule has 5 rings (SSSR count). The van der Waals surface area contributed by atoms with Crippen molar-refractivity contribution in [3.05, 3.63) is 71.4 Å². The second-order valence-corrected chi connectivity index (χ2v) is 8.33. The Morgan fingerprint density at radius 3 is 2.58 bits per heavy atom. The van der Waals surface area contributed by atoms with Gasteiger partial charge in [0.15, 0.2) is 5.69 Å². The molecular weight excluding hydrogens is 482 g/mol. The van der Waals surface area contributed by atoms with Crippen molar-refractivity contribution in [3.63, 3.8) is 0 Å². The first-order valence-electron chi connectivity index (χ1n) is 10.9. The summed E-state index contributed by atoms with van der Waals surface area (Å²) in [6.45, 7) is 2.45. The number of alkyl halides is 4. The van der Waals surface area contributed by atoms with Gasteiger partial charge in [-0.25, -0.2) is 4.39 Å². The van der Waals surface area contributed by atoms with Crippen LogP contribution in [0, 0.1) is 6.92 Å². The number of carbonyl (C=O) groups excluding carboxylic acids is 1. The van der Waals surface area contributed by atoms with Crippen LogP contribution in [0.15, 0.2) is 59.1 Å². The fourth-order valence-corrected chi connectivity index (χ4v) is 3.77. The van der Waals surface area contributed by atoms with Crippen molar-refractivity contribution in [3.8, 4) is 28.7 Å². The third kappa shape index (κ3) is 5.07. The highest BCUT2D eigenvalue weighted by molar-refractivity contribution is 5.95. The number of halogens is 4. The highest BCUT2D eigenvalue weighted by atomic mass is 19.4. The van der Waals surface area contributed by atoms with Gasteiger partial charge in [-0.05, 0) is 55.0 Å². The van der Waals surface area contributed by atoms with Crippen LogP contribution >= 0.6 is 0 Å². The molecule has 2 aromatic carbocycles. The summed E-state index contributed by atoms with van der Waals surface area (Å²) in [6, 6.07) is 13.9. The van der Waals surface area contributed by atoms with Gasteiger partial charge in [-0.3, -0.25) is 9.48 Å². The van der Waals surface area contributed by atoms with Crippen LogP contribution in [-0.2, 0) is 6.54 Å². The van der Waals surface area contributed by atoms with Crippen LogP contribution in [0.4, 0.5) is 17.6 Å². The highest BCUT2D eigenvalue weighted by Crippen LogP contribution is 2.27. The summed E-state index contributed by atoms with van der Waals surface area (Å²) >= 11 is 0. The van der Waals surface area contributed by atoms with E-state index in [4.69, 9.17) is 4.52 Å². The van der Waals surface area contributed by atoms with Crippen molar-refractivity contribution in [2.24, 2.45) is 0 Å². The van der Waals surface area contributed by atoms with Gasteiger partial charge in [0.2, 0.25) is 5.82 Å². The molecule has 1 aliphatic heterocycles. The molecule has 8 nitrogen and oxygen atoms in total. The molecule has 0 radical (unpaired) electrons. The van der Waals surface area contributed by atoms with Crippen LogP contribution in [0.5, 0.6) is 5.75 Å². The maximum absolute atomic E-state index is 13.1. The Kier molecular flexibility index (Phi) is 5.94. The maximum Gasteiger partial charge on any atom is 0.573 e. The molecule has 186 valence electrons. The number of hydrogen-bond acceptors (Lipinski definition) is 6. The van der Waals surface area contributed by atoms with E-state index in [0.717, 1.165) is 23.4 Å². The van der Waals surface area contributed by atoms with Gasteiger partial charge in [0.05, 0.1) is 19.6 Å². The van der Waals surface area contributed by atoms with Gasteiger partial charge in [-0.2, -0.15) is 10.1 Å². The third-order valence-corrected chi connectivity index (χ3v) is 5.60. The van der Waals surface area contributed by atoms with E-state index in [9.17, 15) is 22.4 Å². The Morgan fingerprint density at radius 1 is 1.14 bits per heavy atom. The summed E-state index contributed by atoms with van der Waals surface area (Å²) in [6.07, 6.45) is -5.74. The van der Waals surface area contributed by atoms with Gasteiger partial charge >= 0.3 is 6.36 Å². The van der Waals surface area contributed by atoms with Gasteiger partial charge in [0.1, 0.15) is 11.9 Å². The Balaban J connectivity index is 1.30. The zero-order valence-electron chi connectivity index (χ0n) is 18.9. The number of amides is 1. The molecule has 1 amide bonds. The van der Waals surface area contributed by atoms with Crippen LogP contribution in [0.1, 0.15) is 21.6 Å². The zero-order valence-corrected chi connectivity index (χ0v) is 18.9. The number of aryl methyl sites for hydroxylation is 1. The van der Waals surface area contributed by atoms with Gasteiger partial charge in [0, 0.05) is 16.8 Å². The van der Waals surface area contributed by atoms with Gasteiger partial charge < -0.3 is 14.2 Å². The predicted octanol–water partition coefficient (Wildman–Crippen LogP) is 4.65. The first-order valence-corrected chi connectivity index (χ1v) is 10.9. The number of carbonyl (C=O) groups is 1. The van der Waals surface area contributed by atoms with E-state index in [2.05, 4.69) is 20.0 Å². The smallest absolute Gasteiger partial charge is 0.406 e. The number of aromatic nitrogens is 4. The number of likely N-dealkylation sites (tertiary alicyclic amines) is 1. The van der Waals surface area contributed by atoms with Crippen molar-refractivity contribution in [2.75, 3.05) is 13.1 Å². The Bertz CT molecular complexity index is 1390. The molecule has 1 fully saturated rings. The standard InChI is InChI=1S/C24H19F4N5O3/c1-14-9-20(22-29-21(31-36-22)16-5-7-19(8-6-16)35-24(26,27)28)30-33(14)11-15-3-2-4-17(10-15)23(34)32-12-18(25)13-32/h2-10,18H,11-13H2,1H3. The number of rotatable bonds is 6. The summed E-state index contributed by atoms with van der Waals surface area (Å²) < 4.78 is 61.0. The van der Waals surface area contributed by atoms with E-state index in [1.54, 1.807) is 28.9 Å². The first-order chi connectivity index (χ1) is 17.1. The van der Waals surface area contributed by atoms with E-state index in [0.29, 0.717) is 23.4 Å². The summed E-state index contributed by atoms with van der Waals surface area (Å²) in [5.74, 6) is -0.236. The lowest BCUT2D eigenvalue weighted by Crippen LogP contribution is -2.51. The largest absolute Gasteiger partial charge is 0.573 e. The summed E-state index contributed by atoms with van der Waals surface area (Å²) in [5.41, 5.74) is 2.99. The lowest BCUT2D eigenvalue weighted by Gasteiger charge is -2.34. The average molecular weight is 501 g/mol. The first kappa shape index (κ1) is 23.5. The molecular formula is C24H19F4N5O3. The second kappa shape index (κ2) is 9.10. The molecule has 0 unspecified atom stereocenters. The third-order valence-electron chi connectivity index (χ3n) is 5.60. The molecule has 4 aromatic rings. The van der Waals surface area contributed by atoms with Gasteiger partial charge in [0.25, 0.3) is 11.8 Å². The number of ether oxygens (including phenoxy) is 1. The van der Waals surface area contributed by atoms with Crippen LogP contribution in [0.3, 0.4) is 0 Å². The molecule has 36 heavy (non-hydrogen) atoms. The van der Waals surface area contributed by atoms with E-state index in [1.807, 2.05) is 13.0 Å². The van der Waals surface area contributed by atoms with E-state index >= 15 is 0 Å². The van der Waals surface area contributed by atoms with Crippen molar-refractivity contribution in [1.82, 2.24) is 24.8 Å².